The van der Waals surface area contributed by atoms with E-state index >= 15 is 0 Å². The van der Waals surface area contributed by atoms with E-state index in [9.17, 15) is 0 Å². The third-order valence-electron chi connectivity index (χ3n) is 2.54. The van der Waals surface area contributed by atoms with E-state index in [0.717, 1.165) is 19.6 Å². The van der Waals surface area contributed by atoms with Crippen LogP contribution in [0.1, 0.15) is 25.1 Å². The third kappa shape index (κ3) is 3.32. The predicted molar refractivity (Wildman–Crippen MR) is 62.6 cm³/mol. The summed E-state index contributed by atoms with van der Waals surface area (Å²) in [6.07, 6.45) is 1.95. The van der Waals surface area contributed by atoms with Gasteiger partial charge in [-0.3, -0.25) is 4.68 Å². The van der Waals surface area contributed by atoms with Crippen LogP contribution in [0, 0.1) is 6.92 Å². The maximum atomic E-state index is 5.75. The molecule has 15 heavy (non-hydrogen) atoms. The van der Waals surface area contributed by atoms with Crippen LogP contribution < -0.4 is 5.73 Å². The van der Waals surface area contributed by atoms with Crippen LogP contribution in [-0.4, -0.2) is 34.3 Å². The fraction of sp³-hybridized carbons (Fsp3) is 0.727. The zero-order valence-electron chi connectivity index (χ0n) is 10.2. The maximum absolute atomic E-state index is 5.75. The number of aromatic nitrogens is 2. The van der Waals surface area contributed by atoms with Crippen molar-refractivity contribution < 1.29 is 0 Å². The van der Waals surface area contributed by atoms with Gasteiger partial charge in [0.15, 0.2) is 0 Å². The summed E-state index contributed by atoms with van der Waals surface area (Å²) in [5, 5.41) is 4.33. The lowest BCUT2D eigenvalue weighted by molar-refractivity contribution is 0.309. The summed E-state index contributed by atoms with van der Waals surface area (Å²) < 4.78 is 2.02. The van der Waals surface area contributed by atoms with Crippen molar-refractivity contribution in [2.45, 2.75) is 39.9 Å². The number of hydrogen-bond acceptors (Lipinski definition) is 3. The van der Waals surface area contributed by atoms with Crippen molar-refractivity contribution in [2.24, 2.45) is 5.73 Å². The number of likely N-dealkylation sites (N-methyl/N-ethyl adjacent to an activating group) is 1. The first kappa shape index (κ1) is 12.2. The Hall–Kier alpha value is -0.870. The standard InChI is InChI=1S/C11H22N4/c1-5-15-10(3)11(6-13-15)8-14(4)7-9(2)12/h6,9H,5,7-8,12H2,1-4H3/t9-/m0/s1. The fourth-order valence-corrected chi connectivity index (χ4v) is 1.81. The number of rotatable bonds is 5. The Labute approximate surface area is 92.1 Å². The van der Waals surface area contributed by atoms with Gasteiger partial charge in [0.1, 0.15) is 0 Å². The highest BCUT2D eigenvalue weighted by molar-refractivity contribution is 5.15. The van der Waals surface area contributed by atoms with Crippen molar-refractivity contribution >= 4 is 0 Å². The molecule has 0 aliphatic heterocycles. The molecule has 0 unspecified atom stereocenters. The third-order valence-corrected chi connectivity index (χ3v) is 2.54. The van der Waals surface area contributed by atoms with Crippen LogP contribution in [0.2, 0.25) is 0 Å². The molecule has 2 N–H and O–H groups in total. The van der Waals surface area contributed by atoms with Crippen molar-refractivity contribution in [3.63, 3.8) is 0 Å². The number of nitrogens with zero attached hydrogens (tertiary/aromatic N) is 3. The first-order chi connectivity index (χ1) is 7.04. The van der Waals surface area contributed by atoms with Crippen molar-refractivity contribution in [1.29, 1.82) is 0 Å². The van der Waals surface area contributed by atoms with Crippen LogP contribution >= 0.6 is 0 Å². The molecule has 4 heteroatoms. The summed E-state index contributed by atoms with van der Waals surface area (Å²) in [7, 11) is 2.09. The topological polar surface area (TPSA) is 47.1 Å². The average Bonchev–Trinajstić information content (AvgIpc) is 2.46. The molecule has 0 spiro atoms. The van der Waals surface area contributed by atoms with Crippen LogP contribution in [0.3, 0.4) is 0 Å². The highest BCUT2D eigenvalue weighted by Crippen LogP contribution is 2.09. The Kier molecular flexibility index (Phi) is 4.29. The second kappa shape index (κ2) is 5.28. The fourth-order valence-electron chi connectivity index (χ4n) is 1.81. The molecular formula is C11H22N4. The lowest BCUT2D eigenvalue weighted by Crippen LogP contribution is -2.32. The Morgan fingerprint density at radius 1 is 1.60 bits per heavy atom. The van der Waals surface area contributed by atoms with Crippen LogP contribution in [0.15, 0.2) is 6.20 Å². The molecule has 0 fully saturated rings. The summed E-state index contributed by atoms with van der Waals surface area (Å²) in [6, 6.07) is 0.219. The first-order valence-electron chi connectivity index (χ1n) is 5.50. The van der Waals surface area contributed by atoms with Crippen molar-refractivity contribution in [1.82, 2.24) is 14.7 Å². The minimum atomic E-state index is 0.219. The second-order valence-corrected chi connectivity index (χ2v) is 4.25. The van der Waals surface area contributed by atoms with E-state index in [2.05, 4.69) is 30.9 Å². The van der Waals surface area contributed by atoms with Crippen LogP contribution in [-0.2, 0) is 13.1 Å². The molecule has 0 aromatic carbocycles. The molecule has 1 atom stereocenters. The molecule has 4 nitrogen and oxygen atoms in total. The highest BCUT2D eigenvalue weighted by Gasteiger charge is 2.08. The van der Waals surface area contributed by atoms with E-state index in [1.165, 1.54) is 11.3 Å². The van der Waals surface area contributed by atoms with Crippen molar-refractivity contribution in [2.75, 3.05) is 13.6 Å². The van der Waals surface area contributed by atoms with Crippen molar-refractivity contribution in [3.8, 4) is 0 Å². The lowest BCUT2D eigenvalue weighted by atomic mass is 10.2. The molecule has 0 aliphatic carbocycles. The number of hydrogen-bond donors (Lipinski definition) is 1. The lowest BCUT2D eigenvalue weighted by Gasteiger charge is -2.18. The minimum absolute atomic E-state index is 0.219. The Bertz CT molecular complexity index is 304. The first-order valence-corrected chi connectivity index (χ1v) is 5.50. The largest absolute Gasteiger partial charge is 0.327 e. The average molecular weight is 210 g/mol. The predicted octanol–water partition coefficient (Wildman–Crippen LogP) is 0.990. The summed E-state index contributed by atoms with van der Waals surface area (Å²) in [5.74, 6) is 0. The van der Waals surface area contributed by atoms with E-state index in [-0.39, 0.29) is 6.04 Å². The van der Waals surface area contributed by atoms with Gasteiger partial charge in [-0.15, -0.1) is 0 Å². The zero-order chi connectivity index (χ0) is 11.4. The van der Waals surface area contributed by atoms with E-state index in [4.69, 9.17) is 5.73 Å². The maximum Gasteiger partial charge on any atom is 0.0537 e. The van der Waals surface area contributed by atoms with Gasteiger partial charge in [-0.25, -0.2) is 0 Å². The molecule has 86 valence electrons. The smallest absolute Gasteiger partial charge is 0.0537 e. The van der Waals surface area contributed by atoms with Crippen LogP contribution in [0.25, 0.3) is 0 Å². The summed E-state index contributed by atoms with van der Waals surface area (Å²) in [5.41, 5.74) is 8.30. The van der Waals surface area contributed by atoms with Crippen molar-refractivity contribution in [3.05, 3.63) is 17.5 Å². The molecule has 0 bridgehead atoms. The zero-order valence-corrected chi connectivity index (χ0v) is 10.2. The Balaban J connectivity index is 2.60. The SMILES string of the molecule is CCn1ncc(CN(C)C[C@H](C)N)c1C. The summed E-state index contributed by atoms with van der Waals surface area (Å²) in [6.45, 7) is 9.02. The van der Waals surface area contributed by atoms with E-state index in [1.54, 1.807) is 0 Å². The molecule has 1 heterocycles. The van der Waals surface area contributed by atoms with Gasteiger partial charge in [-0.1, -0.05) is 0 Å². The summed E-state index contributed by atoms with van der Waals surface area (Å²) >= 11 is 0. The van der Waals surface area contributed by atoms with Gasteiger partial charge < -0.3 is 10.6 Å². The van der Waals surface area contributed by atoms with Gasteiger partial charge in [0.2, 0.25) is 0 Å². The Morgan fingerprint density at radius 2 is 2.27 bits per heavy atom. The van der Waals surface area contributed by atoms with Gasteiger partial charge in [0.25, 0.3) is 0 Å². The summed E-state index contributed by atoms with van der Waals surface area (Å²) in [4.78, 5) is 2.23. The van der Waals surface area contributed by atoms with Gasteiger partial charge in [0, 0.05) is 36.9 Å². The molecule has 1 aromatic rings. The van der Waals surface area contributed by atoms with Gasteiger partial charge in [-0.2, -0.15) is 5.10 Å². The van der Waals surface area contributed by atoms with Crippen LogP contribution in [0.4, 0.5) is 0 Å². The highest BCUT2D eigenvalue weighted by atomic mass is 15.3. The molecule has 0 aliphatic rings. The molecule has 0 saturated carbocycles. The number of nitrogens with two attached hydrogens (primary N) is 1. The van der Waals surface area contributed by atoms with Gasteiger partial charge in [-0.05, 0) is 27.8 Å². The van der Waals surface area contributed by atoms with Gasteiger partial charge in [0.05, 0.1) is 6.20 Å². The van der Waals surface area contributed by atoms with E-state index in [0.29, 0.717) is 0 Å². The van der Waals surface area contributed by atoms with Gasteiger partial charge >= 0.3 is 0 Å². The normalized spacial score (nSPS) is 13.5. The molecule has 0 radical (unpaired) electrons. The number of aryl methyl sites for hydroxylation is 1. The quantitative estimate of drug-likeness (QED) is 0.788. The molecule has 0 saturated heterocycles. The van der Waals surface area contributed by atoms with E-state index < -0.39 is 0 Å². The Morgan fingerprint density at radius 3 is 2.73 bits per heavy atom. The second-order valence-electron chi connectivity index (χ2n) is 4.25. The molecule has 1 rings (SSSR count). The molecular weight excluding hydrogens is 188 g/mol. The minimum Gasteiger partial charge on any atom is -0.327 e. The van der Waals surface area contributed by atoms with Crippen LogP contribution in [0.5, 0.6) is 0 Å². The molecule has 0 amide bonds. The molecule has 1 aromatic heterocycles. The monoisotopic (exact) mass is 210 g/mol. The van der Waals surface area contributed by atoms with E-state index in [1.807, 2.05) is 17.8 Å².